The minimum Gasteiger partial charge on any atom is -0.463 e. The number of likely N-dealkylation sites (tertiary alicyclic amines) is 1. The summed E-state index contributed by atoms with van der Waals surface area (Å²) in [6, 6.07) is 14.6. The molecule has 4 heterocycles. The van der Waals surface area contributed by atoms with Crippen LogP contribution >= 0.6 is 34.3 Å². The van der Waals surface area contributed by atoms with Gasteiger partial charge >= 0.3 is 5.97 Å². The smallest absolute Gasteiger partial charge is 0.309 e. The number of halogens is 1. The first kappa shape index (κ1) is 48.1. The van der Waals surface area contributed by atoms with Crippen molar-refractivity contribution in [2.24, 2.45) is 5.92 Å². The van der Waals surface area contributed by atoms with Gasteiger partial charge in [0.15, 0.2) is 0 Å². The summed E-state index contributed by atoms with van der Waals surface area (Å²) in [5, 5.41) is 24.9. The molecule has 1 aliphatic rings. The van der Waals surface area contributed by atoms with E-state index in [2.05, 4.69) is 25.8 Å². The van der Waals surface area contributed by atoms with Crippen LogP contribution in [0.5, 0.6) is 0 Å². The summed E-state index contributed by atoms with van der Waals surface area (Å²) in [6.07, 6.45) is 2.61. The highest BCUT2D eigenvalue weighted by atomic mass is 35.5. The zero-order chi connectivity index (χ0) is 45.8. The van der Waals surface area contributed by atoms with Crippen molar-refractivity contribution in [3.8, 4) is 15.4 Å². The van der Waals surface area contributed by atoms with Crippen LogP contribution < -0.4 is 10.6 Å². The highest BCUT2D eigenvalue weighted by Crippen LogP contribution is 2.35. The van der Waals surface area contributed by atoms with Crippen molar-refractivity contribution in [1.82, 2.24) is 35.3 Å². The van der Waals surface area contributed by atoms with Crippen LogP contribution in [0.2, 0.25) is 5.02 Å². The SMILES string of the molecule is CCC(Cc1nnc(C)n1-c1sc(C)c(C)c1C(=N)c1ccc(Cl)cc1)C(=O)OCCOCCCOCC(=O)NCC(=O)N1CCCC1C(=O)NCc1ccc(-c2scnc2C)cc1. The molecule has 340 valence electrons. The van der Waals surface area contributed by atoms with Crippen molar-refractivity contribution in [2.75, 3.05) is 46.1 Å². The number of benzene rings is 2. The zero-order valence-electron chi connectivity index (χ0n) is 36.8. The Morgan fingerprint density at radius 3 is 2.42 bits per heavy atom. The number of aromatic nitrogens is 4. The molecule has 0 spiro atoms. The summed E-state index contributed by atoms with van der Waals surface area (Å²) < 4.78 is 18.6. The number of hydrogen-bond acceptors (Lipinski definition) is 13. The van der Waals surface area contributed by atoms with E-state index in [4.69, 9.17) is 31.2 Å². The van der Waals surface area contributed by atoms with Crippen molar-refractivity contribution in [1.29, 1.82) is 5.41 Å². The van der Waals surface area contributed by atoms with Gasteiger partial charge in [-0.15, -0.1) is 32.9 Å². The highest BCUT2D eigenvalue weighted by Gasteiger charge is 2.34. The van der Waals surface area contributed by atoms with Gasteiger partial charge in [0.1, 0.15) is 35.9 Å². The van der Waals surface area contributed by atoms with Crippen LogP contribution in [0.4, 0.5) is 0 Å². The van der Waals surface area contributed by atoms with E-state index in [1.54, 1.807) is 34.8 Å². The molecule has 2 atom stereocenters. The second kappa shape index (κ2) is 23.0. The monoisotopic (exact) mass is 930 g/mol. The molecule has 3 N–H and O–H groups in total. The van der Waals surface area contributed by atoms with E-state index in [1.807, 2.05) is 81.1 Å². The summed E-state index contributed by atoms with van der Waals surface area (Å²) in [6.45, 7) is 11.0. The average molecular weight is 932 g/mol. The molecule has 5 aromatic rings. The molecule has 1 fully saturated rings. The molecule has 0 bridgehead atoms. The number of thiazole rings is 1. The lowest BCUT2D eigenvalue weighted by Gasteiger charge is -2.24. The molecular formula is C46H55ClN8O7S2. The van der Waals surface area contributed by atoms with Gasteiger partial charge in [0.25, 0.3) is 0 Å². The molecule has 0 aliphatic carbocycles. The van der Waals surface area contributed by atoms with Crippen molar-refractivity contribution >= 4 is 63.7 Å². The highest BCUT2D eigenvalue weighted by molar-refractivity contribution is 7.15. The second-order valence-corrected chi connectivity index (χ2v) is 18.0. The zero-order valence-corrected chi connectivity index (χ0v) is 39.2. The maximum atomic E-state index is 13.2. The first-order valence-corrected chi connectivity index (χ1v) is 23.4. The fourth-order valence-corrected chi connectivity index (χ4v) is 9.58. The van der Waals surface area contributed by atoms with Gasteiger partial charge in [0.05, 0.1) is 40.9 Å². The molecule has 3 amide bonds. The molecule has 0 radical (unpaired) electrons. The fraction of sp³-hybridized carbons (Fsp3) is 0.435. The first-order valence-electron chi connectivity index (χ1n) is 21.4. The van der Waals surface area contributed by atoms with Gasteiger partial charge in [-0.05, 0) is 82.2 Å². The molecule has 18 heteroatoms. The summed E-state index contributed by atoms with van der Waals surface area (Å²) in [7, 11) is 0. The largest absolute Gasteiger partial charge is 0.463 e. The lowest BCUT2D eigenvalue weighted by atomic mass is 9.99. The van der Waals surface area contributed by atoms with Gasteiger partial charge in [0.2, 0.25) is 17.7 Å². The number of thiophene rings is 1. The van der Waals surface area contributed by atoms with E-state index in [1.165, 1.54) is 4.90 Å². The number of ether oxygens (including phenoxy) is 3. The predicted molar refractivity (Wildman–Crippen MR) is 247 cm³/mol. The lowest BCUT2D eigenvalue weighted by Crippen LogP contribution is -2.49. The van der Waals surface area contributed by atoms with Gasteiger partial charge in [-0.2, -0.15) is 0 Å². The molecule has 1 saturated heterocycles. The van der Waals surface area contributed by atoms with E-state index >= 15 is 0 Å². The summed E-state index contributed by atoms with van der Waals surface area (Å²) in [5.41, 5.74) is 7.73. The molecule has 6 rings (SSSR count). The van der Waals surface area contributed by atoms with Crippen LogP contribution in [0.25, 0.3) is 15.4 Å². The number of aryl methyl sites for hydroxylation is 3. The normalized spacial score (nSPS) is 14.1. The third-order valence-electron chi connectivity index (χ3n) is 11.1. The minimum atomic E-state index is -0.585. The average Bonchev–Trinajstić information content (AvgIpc) is 4.10. The molecule has 64 heavy (non-hydrogen) atoms. The Morgan fingerprint density at radius 1 is 0.953 bits per heavy atom. The standard InChI is InChI=1S/C46H55ClN8O7S2/c1-6-33(23-38-53-52-31(5)55(38)45-41(28(2)30(4)64-45)42(48)34-14-16-36(47)17-15-34)46(59)62-22-21-60-19-8-20-61-26-39(56)49-25-40(57)54-18-7-9-37(54)44(58)50-24-32-10-12-35(13-11-32)43-29(3)51-27-63-43/h10-17,27,33,37,48H,6-9,18-26H2,1-5H3,(H,49,56)(H,50,58). The molecule has 1 aliphatic heterocycles. The molecule has 2 unspecified atom stereocenters. The molecule has 3 aromatic heterocycles. The summed E-state index contributed by atoms with van der Waals surface area (Å²) in [4.78, 5) is 59.6. The molecule has 15 nitrogen and oxygen atoms in total. The molecule has 0 saturated carbocycles. The van der Waals surface area contributed by atoms with Gasteiger partial charge in [-0.3, -0.25) is 29.2 Å². The second-order valence-electron chi connectivity index (χ2n) is 15.5. The van der Waals surface area contributed by atoms with E-state index in [0.717, 1.165) is 48.3 Å². The number of rotatable bonds is 22. The first-order chi connectivity index (χ1) is 30.9. The Labute approximate surface area is 386 Å². The predicted octanol–water partition coefficient (Wildman–Crippen LogP) is 6.71. The van der Waals surface area contributed by atoms with Crippen LogP contribution in [-0.2, 0) is 46.4 Å². The molecule has 2 aromatic carbocycles. The molecular weight excluding hydrogens is 876 g/mol. The van der Waals surface area contributed by atoms with Crippen LogP contribution in [-0.4, -0.2) is 106 Å². The topological polar surface area (TPSA) is 191 Å². The van der Waals surface area contributed by atoms with Crippen LogP contribution in [0, 0.1) is 39.0 Å². The third kappa shape index (κ3) is 12.3. The van der Waals surface area contributed by atoms with E-state index in [0.29, 0.717) is 74.2 Å². The Hall–Kier alpha value is -5.33. The van der Waals surface area contributed by atoms with Crippen molar-refractivity contribution in [3.05, 3.63) is 104 Å². The van der Waals surface area contributed by atoms with E-state index in [9.17, 15) is 19.2 Å². The van der Waals surface area contributed by atoms with Crippen molar-refractivity contribution < 1.29 is 33.4 Å². The fourth-order valence-electron chi connectivity index (χ4n) is 7.41. The van der Waals surface area contributed by atoms with E-state index < -0.39 is 17.9 Å². The Kier molecular flexibility index (Phi) is 17.3. The Balaban J connectivity index is 0.848. The van der Waals surface area contributed by atoms with Crippen LogP contribution in [0.15, 0.2) is 54.0 Å². The number of hydrogen-bond donors (Lipinski definition) is 3. The Bertz CT molecular complexity index is 2410. The quantitative estimate of drug-likeness (QED) is 0.0382. The third-order valence-corrected chi connectivity index (χ3v) is 13.5. The summed E-state index contributed by atoms with van der Waals surface area (Å²) in [5.74, 6) is -0.527. The van der Waals surface area contributed by atoms with Gasteiger partial charge in [-0.25, -0.2) is 4.98 Å². The van der Waals surface area contributed by atoms with E-state index in [-0.39, 0.29) is 50.8 Å². The minimum absolute atomic E-state index is 0.0751. The lowest BCUT2D eigenvalue weighted by molar-refractivity contribution is -0.150. The number of nitrogens with one attached hydrogen (secondary N) is 3. The van der Waals surface area contributed by atoms with Gasteiger partial charge in [0, 0.05) is 53.8 Å². The number of carbonyl (C=O) groups excluding carboxylic acids is 4. The van der Waals surface area contributed by atoms with Gasteiger partial charge < -0.3 is 29.7 Å². The Morgan fingerprint density at radius 2 is 1.70 bits per heavy atom. The number of esters is 1. The maximum Gasteiger partial charge on any atom is 0.309 e. The van der Waals surface area contributed by atoms with Gasteiger partial charge in [-0.1, -0.05) is 54.9 Å². The van der Waals surface area contributed by atoms with Crippen LogP contribution in [0.3, 0.4) is 0 Å². The number of amides is 3. The van der Waals surface area contributed by atoms with Crippen LogP contribution in [0.1, 0.15) is 77.1 Å². The van der Waals surface area contributed by atoms with Crippen molar-refractivity contribution in [2.45, 2.75) is 79.3 Å². The van der Waals surface area contributed by atoms with Crippen molar-refractivity contribution in [3.63, 3.8) is 0 Å². The number of nitrogens with zero attached hydrogens (tertiary/aromatic N) is 5. The summed E-state index contributed by atoms with van der Waals surface area (Å²) >= 11 is 9.26. The number of carbonyl (C=O) groups is 4. The maximum absolute atomic E-state index is 13.2.